The van der Waals surface area contributed by atoms with Gasteiger partial charge in [-0.3, -0.25) is 0 Å². The third kappa shape index (κ3) is 17.7. The topological polar surface area (TPSA) is 241 Å². The molecule has 0 saturated heterocycles. The van der Waals surface area contributed by atoms with Crippen molar-refractivity contribution in [2.45, 2.75) is 12.2 Å². The molecule has 10 nitrogen and oxygen atoms in total. The van der Waals surface area contributed by atoms with Gasteiger partial charge in [0.1, 0.15) is 0 Å². The minimum atomic E-state index is -2.27. The smallest absolute Gasteiger partial charge is 0.335 e. The predicted octanol–water partition coefficient (Wildman–Crippen LogP) is -6.18. The third-order valence-corrected chi connectivity index (χ3v) is 0.805. The van der Waals surface area contributed by atoms with Crippen molar-refractivity contribution in [3.05, 3.63) is 0 Å². The summed E-state index contributed by atoms with van der Waals surface area (Å²) < 4.78 is 0. The van der Waals surface area contributed by atoms with Crippen LogP contribution in [0.5, 0.6) is 0 Å². The van der Waals surface area contributed by atoms with E-state index in [-0.39, 0.29) is 103 Å². The Morgan fingerprint density at radius 3 is 0.938 bits per heavy atom. The zero-order valence-corrected chi connectivity index (χ0v) is 13.9. The van der Waals surface area contributed by atoms with E-state index in [1.165, 1.54) is 0 Å². The van der Waals surface area contributed by atoms with E-state index in [2.05, 4.69) is 0 Å². The van der Waals surface area contributed by atoms with Crippen molar-refractivity contribution in [3.8, 4) is 0 Å². The predicted molar refractivity (Wildman–Crippen MR) is 53.2 cm³/mol. The molecule has 12 N–H and O–H groups in total. The van der Waals surface area contributed by atoms with Gasteiger partial charge in [-0.05, 0) is 0 Å². The molecule has 0 rings (SSSR count). The van der Waals surface area contributed by atoms with Gasteiger partial charge < -0.3 is 42.3 Å². The Kier molecular flexibility index (Phi) is 58.5. The molecule has 0 aliphatic rings. The van der Waals surface area contributed by atoms with Gasteiger partial charge in [-0.2, -0.15) is 0 Å². The second kappa shape index (κ2) is 21.6. The summed E-state index contributed by atoms with van der Waals surface area (Å²) in [6.07, 6.45) is -4.53. The van der Waals surface area contributed by atoms with Gasteiger partial charge in [0.2, 0.25) is 0 Å². The van der Waals surface area contributed by atoms with Crippen LogP contribution in [0.4, 0.5) is 0 Å². The van der Waals surface area contributed by atoms with Gasteiger partial charge in [0.05, 0.1) is 0 Å². The fourth-order valence-electron chi connectivity index (χ4n) is 0.270. The average Bonchev–Trinajstić information content (AvgIpc) is 1.84. The monoisotopic (exact) mass is 284 g/mol. The normalized spacial score (nSPS) is 9.88. The molecular weight excluding hydrogens is 270 g/mol. The Hall–Kier alpha value is 1.34. The molecule has 0 bridgehead atoms. The standard InChI is InChI=1S/C4H6O6.K.Na.4H2O/c5-1(3(7)8)2(6)4(9)10;;;;;;/h1-2,5-6H,(H,7,8)(H,9,10);;;4*1H2. The summed E-state index contributed by atoms with van der Waals surface area (Å²) in [4.78, 5) is 19.5. The van der Waals surface area contributed by atoms with Crippen molar-refractivity contribution in [2.24, 2.45) is 0 Å². The van der Waals surface area contributed by atoms with E-state index in [1.807, 2.05) is 0 Å². The molecule has 0 aromatic rings. The minimum absolute atomic E-state index is 0. The summed E-state index contributed by atoms with van der Waals surface area (Å²) in [7, 11) is 0. The molecule has 0 heterocycles. The maximum Gasteiger partial charge on any atom is 0.335 e. The fourth-order valence-corrected chi connectivity index (χ4v) is 0.270. The van der Waals surface area contributed by atoms with E-state index in [4.69, 9.17) is 20.4 Å². The molecule has 12 heteroatoms. The SMILES string of the molecule is O.O.O.O.O=C(O)C(O)C(O)C(=O)O.[K].[Na]. The Balaban J connectivity index is -0.0000000270. The van der Waals surface area contributed by atoms with Gasteiger partial charge in [-0.15, -0.1) is 0 Å². The van der Waals surface area contributed by atoms with Crippen LogP contribution in [0.3, 0.4) is 0 Å². The molecule has 0 aromatic carbocycles. The van der Waals surface area contributed by atoms with E-state index in [0.717, 1.165) is 0 Å². The zero-order chi connectivity index (χ0) is 8.31. The number of carbonyl (C=O) groups is 2. The summed E-state index contributed by atoms with van der Waals surface area (Å²) >= 11 is 0. The number of carboxylic acid groups (broad SMARTS) is 2. The van der Waals surface area contributed by atoms with Crippen LogP contribution in [0.2, 0.25) is 0 Å². The van der Waals surface area contributed by atoms with Gasteiger partial charge in [-0.1, -0.05) is 0 Å². The number of aliphatic hydroxyl groups excluding tert-OH is 2. The number of carboxylic acids is 2. The maximum atomic E-state index is 9.77. The van der Waals surface area contributed by atoms with Gasteiger partial charge in [0.25, 0.3) is 0 Å². The first-order valence-corrected chi connectivity index (χ1v) is 2.28. The Bertz CT molecular complexity index is 147. The van der Waals surface area contributed by atoms with Crippen molar-refractivity contribution in [2.75, 3.05) is 0 Å². The Labute approximate surface area is 155 Å². The van der Waals surface area contributed by atoms with Crippen LogP contribution in [0.1, 0.15) is 0 Å². The summed E-state index contributed by atoms with van der Waals surface area (Å²) in [5.41, 5.74) is 0. The molecule has 0 amide bonds. The van der Waals surface area contributed by atoms with Crippen molar-refractivity contribution < 1.29 is 51.9 Å². The molecule has 0 saturated carbocycles. The van der Waals surface area contributed by atoms with E-state index < -0.39 is 24.1 Å². The van der Waals surface area contributed by atoms with Crippen LogP contribution in [-0.4, -0.2) is 147 Å². The van der Waals surface area contributed by atoms with Gasteiger partial charge in [0, 0.05) is 80.9 Å². The van der Waals surface area contributed by atoms with Crippen LogP contribution >= 0.6 is 0 Å². The van der Waals surface area contributed by atoms with Crippen LogP contribution in [0.25, 0.3) is 0 Å². The molecule has 0 aliphatic heterocycles. The number of aliphatic carboxylic acids is 2. The van der Waals surface area contributed by atoms with Crippen LogP contribution in [-0.2, 0) is 9.59 Å². The molecule has 2 atom stereocenters. The van der Waals surface area contributed by atoms with Crippen LogP contribution in [0.15, 0.2) is 0 Å². The van der Waals surface area contributed by atoms with E-state index in [0.29, 0.717) is 0 Å². The molecule has 0 spiro atoms. The summed E-state index contributed by atoms with van der Waals surface area (Å²) in [5.74, 6) is -3.54. The first-order chi connectivity index (χ1) is 4.46. The van der Waals surface area contributed by atoms with Crippen LogP contribution in [0, 0.1) is 0 Å². The molecule has 0 aliphatic carbocycles. The Morgan fingerprint density at radius 1 is 0.750 bits per heavy atom. The molecular formula is C4H14KNaO10. The van der Waals surface area contributed by atoms with Gasteiger partial charge in [-0.25, -0.2) is 9.59 Å². The first kappa shape index (κ1) is 43.3. The molecule has 0 aromatic heterocycles. The molecule has 2 radical (unpaired) electrons. The largest absolute Gasteiger partial charge is 0.479 e. The minimum Gasteiger partial charge on any atom is -0.479 e. The van der Waals surface area contributed by atoms with Crippen LogP contribution < -0.4 is 0 Å². The second-order valence-electron chi connectivity index (χ2n) is 1.57. The Morgan fingerprint density at radius 2 is 0.875 bits per heavy atom. The van der Waals surface area contributed by atoms with Crippen molar-refractivity contribution in [1.29, 1.82) is 0 Å². The number of hydrogen-bond donors (Lipinski definition) is 4. The molecule has 16 heavy (non-hydrogen) atoms. The second-order valence-corrected chi connectivity index (χ2v) is 1.57. The molecule has 92 valence electrons. The molecule has 0 fully saturated rings. The van der Waals surface area contributed by atoms with Gasteiger partial charge >= 0.3 is 11.9 Å². The van der Waals surface area contributed by atoms with Crippen molar-refractivity contribution in [1.82, 2.24) is 0 Å². The quantitative estimate of drug-likeness (QED) is 0.367. The third-order valence-electron chi connectivity index (χ3n) is 0.805. The summed E-state index contributed by atoms with van der Waals surface area (Å²) in [6.45, 7) is 0. The van der Waals surface area contributed by atoms with Crippen molar-refractivity contribution in [3.63, 3.8) is 0 Å². The zero-order valence-electron chi connectivity index (χ0n) is 8.76. The summed E-state index contributed by atoms with van der Waals surface area (Å²) in [6, 6.07) is 0. The fraction of sp³-hybridized carbons (Fsp3) is 0.500. The number of hydrogen-bond acceptors (Lipinski definition) is 4. The van der Waals surface area contributed by atoms with E-state index >= 15 is 0 Å². The van der Waals surface area contributed by atoms with Gasteiger partial charge in [0.15, 0.2) is 12.2 Å². The molecule has 2 unspecified atom stereocenters. The first-order valence-electron chi connectivity index (χ1n) is 2.28. The van der Waals surface area contributed by atoms with E-state index in [1.54, 1.807) is 0 Å². The number of rotatable bonds is 3. The maximum absolute atomic E-state index is 9.77. The van der Waals surface area contributed by atoms with E-state index in [9.17, 15) is 9.59 Å². The summed E-state index contributed by atoms with van der Waals surface area (Å²) in [5, 5.41) is 32.5. The number of aliphatic hydroxyl groups is 2. The average molecular weight is 284 g/mol. The van der Waals surface area contributed by atoms with Crippen molar-refractivity contribution >= 4 is 92.9 Å².